The van der Waals surface area contributed by atoms with Gasteiger partial charge in [-0.2, -0.15) is 0 Å². The Kier molecular flexibility index (Phi) is 4.96. The number of ether oxygens (including phenoxy) is 1. The van der Waals surface area contributed by atoms with E-state index in [2.05, 4.69) is 17.0 Å². The lowest BCUT2D eigenvalue weighted by atomic mass is 9.92. The Labute approximate surface area is 136 Å². The number of nitrogens with zero attached hydrogens (tertiary/aromatic N) is 1. The van der Waals surface area contributed by atoms with Gasteiger partial charge in [0.05, 0.1) is 25.9 Å². The molecule has 0 saturated carbocycles. The maximum atomic E-state index is 10.6. The largest absolute Gasteiger partial charge is 0.497 e. The first-order valence-corrected chi connectivity index (χ1v) is 7.97. The second kappa shape index (κ2) is 7.13. The third-order valence-corrected chi connectivity index (χ3v) is 4.58. The number of β-amino-alcohol motifs (C(OH)–C–C–N with tert-alkyl or cyclic N) is 1. The summed E-state index contributed by atoms with van der Waals surface area (Å²) in [5, 5.41) is 20.4. The van der Waals surface area contributed by atoms with E-state index < -0.39 is 6.10 Å². The van der Waals surface area contributed by atoms with Crippen molar-refractivity contribution >= 4 is 0 Å². The fraction of sp³-hybridized carbons (Fsp3) is 0.368. The van der Waals surface area contributed by atoms with Crippen LogP contribution >= 0.6 is 0 Å². The van der Waals surface area contributed by atoms with Crippen LogP contribution in [0, 0.1) is 0 Å². The van der Waals surface area contributed by atoms with Crippen LogP contribution in [0.3, 0.4) is 0 Å². The molecule has 0 aliphatic carbocycles. The Hall–Kier alpha value is -1.88. The van der Waals surface area contributed by atoms with E-state index in [1.165, 1.54) is 11.1 Å². The summed E-state index contributed by atoms with van der Waals surface area (Å²) in [5.41, 5.74) is 3.29. The Morgan fingerprint density at radius 3 is 2.83 bits per heavy atom. The van der Waals surface area contributed by atoms with Crippen molar-refractivity contribution in [3.8, 4) is 5.75 Å². The average Bonchev–Trinajstić information content (AvgIpc) is 2.61. The van der Waals surface area contributed by atoms with Crippen LogP contribution in [0.15, 0.2) is 48.5 Å². The molecule has 1 heterocycles. The molecule has 0 amide bonds. The number of fused-ring (bicyclic) bond motifs is 1. The lowest BCUT2D eigenvalue weighted by Crippen LogP contribution is -2.39. The zero-order valence-corrected chi connectivity index (χ0v) is 13.4. The van der Waals surface area contributed by atoms with E-state index in [-0.39, 0.29) is 12.6 Å². The predicted octanol–water partition coefficient (Wildman–Crippen LogP) is 2.32. The van der Waals surface area contributed by atoms with Crippen LogP contribution < -0.4 is 4.74 Å². The van der Waals surface area contributed by atoms with Crippen LogP contribution in [-0.4, -0.2) is 41.9 Å². The second-order valence-corrected chi connectivity index (χ2v) is 5.93. The SMILES string of the molecule is COc1cccc(C(O)CN2CCc3ccccc3C2CO)c1. The van der Waals surface area contributed by atoms with Gasteiger partial charge in [0.25, 0.3) is 0 Å². The van der Waals surface area contributed by atoms with E-state index in [0.29, 0.717) is 6.54 Å². The standard InChI is InChI=1S/C19H23NO3/c1-23-16-7-4-6-15(11-16)19(22)12-20-10-9-14-5-2-3-8-17(14)18(20)13-21/h2-8,11,18-19,21-22H,9-10,12-13H2,1H3. The highest BCUT2D eigenvalue weighted by molar-refractivity contribution is 5.33. The van der Waals surface area contributed by atoms with E-state index in [9.17, 15) is 10.2 Å². The van der Waals surface area contributed by atoms with E-state index in [1.807, 2.05) is 36.4 Å². The van der Waals surface area contributed by atoms with Crippen LogP contribution in [0.1, 0.15) is 28.8 Å². The molecule has 0 spiro atoms. The fourth-order valence-electron chi connectivity index (χ4n) is 3.31. The van der Waals surface area contributed by atoms with Gasteiger partial charge in [0.1, 0.15) is 5.75 Å². The van der Waals surface area contributed by atoms with E-state index >= 15 is 0 Å². The molecule has 23 heavy (non-hydrogen) atoms. The molecule has 2 atom stereocenters. The Morgan fingerprint density at radius 2 is 2.04 bits per heavy atom. The first-order chi connectivity index (χ1) is 11.2. The first kappa shape index (κ1) is 16.0. The Balaban J connectivity index is 1.77. The Bertz CT molecular complexity index is 659. The summed E-state index contributed by atoms with van der Waals surface area (Å²) in [6, 6.07) is 15.7. The molecule has 0 bridgehead atoms. The van der Waals surface area contributed by atoms with Gasteiger partial charge in [-0.1, -0.05) is 36.4 Å². The normalized spacial score (nSPS) is 19.2. The minimum absolute atomic E-state index is 0.0554. The van der Waals surface area contributed by atoms with E-state index in [1.54, 1.807) is 7.11 Å². The highest BCUT2D eigenvalue weighted by Gasteiger charge is 2.28. The van der Waals surface area contributed by atoms with Crippen LogP contribution in [0.25, 0.3) is 0 Å². The smallest absolute Gasteiger partial charge is 0.119 e. The van der Waals surface area contributed by atoms with E-state index in [0.717, 1.165) is 24.3 Å². The van der Waals surface area contributed by atoms with Gasteiger partial charge >= 0.3 is 0 Å². The number of aliphatic hydroxyl groups is 2. The third kappa shape index (κ3) is 3.39. The molecule has 2 unspecified atom stereocenters. The molecular formula is C19H23NO3. The van der Waals surface area contributed by atoms with Crippen molar-refractivity contribution in [2.45, 2.75) is 18.6 Å². The molecule has 1 aliphatic heterocycles. The van der Waals surface area contributed by atoms with Gasteiger partial charge in [-0.3, -0.25) is 4.90 Å². The molecule has 4 nitrogen and oxygen atoms in total. The van der Waals surface area contributed by atoms with Gasteiger partial charge in [0.2, 0.25) is 0 Å². The summed E-state index contributed by atoms with van der Waals surface area (Å²) in [6.45, 7) is 1.39. The van der Waals surface area contributed by atoms with Crippen LogP contribution in [0.2, 0.25) is 0 Å². The van der Waals surface area contributed by atoms with Crippen LogP contribution in [0.4, 0.5) is 0 Å². The van der Waals surface area contributed by atoms with Crippen molar-refractivity contribution in [1.82, 2.24) is 4.90 Å². The molecule has 0 aromatic heterocycles. The topological polar surface area (TPSA) is 52.9 Å². The monoisotopic (exact) mass is 313 g/mol. The molecular weight excluding hydrogens is 290 g/mol. The summed E-state index contributed by atoms with van der Waals surface area (Å²) >= 11 is 0. The number of hydrogen-bond donors (Lipinski definition) is 2. The van der Waals surface area contributed by atoms with Gasteiger partial charge in [-0.15, -0.1) is 0 Å². The van der Waals surface area contributed by atoms with Crippen molar-refractivity contribution in [3.05, 3.63) is 65.2 Å². The Morgan fingerprint density at radius 1 is 1.22 bits per heavy atom. The van der Waals surface area contributed by atoms with Gasteiger partial charge < -0.3 is 14.9 Å². The van der Waals surface area contributed by atoms with Gasteiger partial charge in [-0.05, 0) is 35.2 Å². The minimum atomic E-state index is -0.607. The molecule has 0 saturated heterocycles. The highest BCUT2D eigenvalue weighted by atomic mass is 16.5. The highest BCUT2D eigenvalue weighted by Crippen LogP contribution is 2.31. The van der Waals surface area contributed by atoms with E-state index in [4.69, 9.17) is 4.74 Å². The summed E-state index contributed by atoms with van der Waals surface area (Å²) in [5.74, 6) is 0.740. The lowest BCUT2D eigenvalue weighted by molar-refractivity contribution is 0.0560. The van der Waals surface area contributed by atoms with Crippen molar-refractivity contribution in [3.63, 3.8) is 0 Å². The first-order valence-electron chi connectivity index (χ1n) is 7.97. The molecule has 1 aliphatic rings. The number of aliphatic hydroxyl groups excluding tert-OH is 2. The number of benzene rings is 2. The van der Waals surface area contributed by atoms with Crippen LogP contribution in [-0.2, 0) is 6.42 Å². The molecule has 2 N–H and O–H groups in total. The molecule has 2 aromatic rings. The van der Waals surface area contributed by atoms with Crippen molar-refractivity contribution < 1.29 is 14.9 Å². The van der Waals surface area contributed by atoms with Crippen LogP contribution in [0.5, 0.6) is 5.75 Å². The van der Waals surface area contributed by atoms with Gasteiger partial charge in [0.15, 0.2) is 0 Å². The third-order valence-electron chi connectivity index (χ3n) is 4.58. The molecule has 0 radical (unpaired) electrons. The minimum Gasteiger partial charge on any atom is -0.497 e. The number of hydrogen-bond acceptors (Lipinski definition) is 4. The summed E-state index contributed by atoms with van der Waals surface area (Å²) in [6.07, 6.45) is 0.335. The summed E-state index contributed by atoms with van der Waals surface area (Å²) < 4.78 is 5.22. The summed E-state index contributed by atoms with van der Waals surface area (Å²) in [7, 11) is 1.62. The van der Waals surface area contributed by atoms with Gasteiger partial charge in [0, 0.05) is 13.1 Å². The number of rotatable bonds is 5. The molecule has 2 aromatic carbocycles. The van der Waals surface area contributed by atoms with Crippen molar-refractivity contribution in [2.24, 2.45) is 0 Å². The molecule has 0 fully saturated rings. The van der Waals surface area contributed by atoms with Crippen molar-refractivity contribution in [1.29, 1.82) is 0 Å². The lowest BCUT2D eigenvalue weighted by Gasteiger charge is -2.37. The number of methoxy groups -OCH3 is 1. The quantitative estimate of drug-likeness (QED) is 0.889. The maximum absolute atomic E-state index is 10.6. The second-order valence-electron chi connectivity index (χ2n) is 5.93. The fourth-order valence-corrected chi connectivity index (χ4v) is 3.31. The zero-order valence-electron chi connectivity index (χ0n) is 13.4. The average molecular weight is 313 g/mol. The predicted molar refractivity (Wildman–Crippen MR) is 89.5 cm³/mol. The molecule has 4 heteroatoms. The molecule has 3 rings (SSSR count). The maximum Gasteiger partial charge on any atom is 0.119 e. The molecule has 122 valence electrons. The zero-order chi connectivity index (χ0) is 16.2. The van der Waals surface area contributed by atoms with Gasteiger partial charge in [-0.25, -0.2) is 0 Å². The van der Waals surface area contributed by atoms with Crippen molar-refractivity contribution in [2.75, 3.05) is 26.8 Å². The summed E-state index contributed by atoms with van der Waals surface area (Å²) in [4.78, 5) is 2.16.